The summed E-state index contributed by atoms with van der Waals surface area (Å²) in [5.41, 5.74) is 1.55. The Morgan fingerprint density at radius 3 is 2.79 bits per heavy atom. The molecule has 1 amide bonds. The first-order chi connectivity index (χ1) is 13.3. The van der Waals surface area contributed by atoms with Gasteiger partial charge in [-0.05, 0) is 35.9 Å². The van der Waals surface area contributed by atoms with Gasteiger partial charge >= 0.3 is 0 Å². The number of carbonyl (C=O) groups excluding carboxylic acids is 1. The first-order valence-electron chi connectivity index (χ1n) is 8.29. The summed E-state index contributed by atoms with van der Waals surface area (Å²) in [5, 5.41) is 5.21. The SMILES string of the molecule is C=CCn1c(=NC(=O)Cc2cccc(OC)c2)sc2cc(S(N)(=O)=O)ccc21. The van der Waals surface area contributed by atoms with Gasteiger partial charge in [0.1, 0.15) is 5.75 Å². The normalized spacial score (nSPS) is 12.3. The van der Waals surface area contributed by atoms with Crippen molar-refractivity contribution in [3.05, 3.63) is 65.5 Å². The van der Waals surface area contributed by atoms with E-state index >= 15 is 0 Å². The molecule has 0 fully saturated rings. The maximum absolute atomic E-state index is 12.5. The molecule has 3 rings (SSSR count). The summed E-state index contributed by atoms with van der Waals surface area (Å²) >= 11 is 1.22. The standard InChI is InChI=1S/C19H19N3O4S2/c1-3-9-22-16-8-7-15(28(20,24)25)12-17(16)27-19(22)21-18(23)11-13-5-4-6-14(10-13)26-2/h3-8,10,12H,1,9,11H2,2H3,(H2,20,24,25). The Balaban J connectivity index is 2.03. The number of hydrogen-bond acceptors (Lipinski definition) is 5. The Kier molecular flexibility index (Phi) is 5.78. The van der Waals surface area contributed by atoms with Gasteiger partial charge in [0, 0.05) is 6.54 Å². The van der Waals surface area contributed by atoms with E-state index in [0.29, 0.717) is 21.8 Å². The van der Waals surface area contributed by atoms with Gasteiger partial charge in [-0.2, -0.15) is 4.99 Å². The molecule has 1 aromatic heterocycles. The van der Waals surface area contributed by atoms with Crippen molar-refractivity contribution in [1.82, 2.24) is 4.57 Å². The predicted molar refractivity (Wildman–Crippen MR) is 109 cm³/mol. The van der Waals surface area contributed by atoms with Gasteiger partial charge in [-0.1, -0.05) is 29.5 Å². The fourth-order valence-corrected chi connectivity index (χ4v) is 4.43. The topological polar surface area (TPSA) is 104 Å². The van der Waals surface area contributed by atoms with E-state index in [4.69, 9.17) is 9.88 Å². The summed E-state index contributed by atoms with van der Waals surface area (Å²) in [7, 11) is -2.25. The summed E-state index contributed by atoms with van der Waals surface area (Å²) < 4.78 is 30.8. The van der Waals surface area contributed by atoms with E-state index < -0.39 is 10.0 Å². The fourth-order valence-electron chi connectivity index (χ4n) is 2.72. The van der Waals surface area contributed by atoms with E-state index in [2.05, 4.69) is 11.6 Å². The molecule has 0 aliphatic carbocycles. The molecule has 2 aromatic carbocycles. The number of carbonyl (C=O) groups is 1. The Labute approximate surface area is 166 Å². The van der Waals surface area contributed by atoms with Crippen molar-refractivity contribution in [1.29, 1.82) is 0 Å². The van der Waals surface area contributed by atoms with Crippen molar-refractivity contribution in [2.24, 2.45) is 10.1 Å². The van der Waals surface area contributed by atoms with Crippen LogP contribution in [0.1, 0.15) is 5.56 Å². The average Bonchev–Trinajstić information content (AvgIpc) is 2.98. The molecule has 0 aliphatic rings. The number of primary sulfonamides is 1. The molecule has 9 heteroatoms. The van der Waals surface area contributed by atoms with Gasteiger partial charge in [-0.15, -0.1) is 6.58 Å². The number of allylic oxidation sites excluding steroid dienone is 1. The van der Waals surface area contributed by atoms with Crippen LogP contribution in [-0.2, 0) is 27.8 Å². The molecule has 2 N–H and O–H groups in total. The number of rotatable bonds is 6. The highest BCUT2D eigenvalue weighted by Crippen LogP contribution is 2.21. The fraction of sp³-hybridized carbons (Fsp3) is 0.158. The lowest BCUT2D eigenvalue weighted by Crippen LogP contribution is -2.17. The number of ether oxygens (including phenoxy) is 1. The Morgan fingerprint density at radius 2 is 2.11 bits per heavy atom. The quantitative estimate of drug-likeness (QED) is 0.621. The zero-order valence-corrected chi connectivity index (χ0v) is 16.8. The van der Waals surface area contributed by atoms with Gasteiger partial charge in [-0.25, -0.2) is 13.6 Å². The molecule has 28 heavy (non-hydrogen) atoms. The summed E-state index contributed by atoms with van der Waals surface area (Å²) in [6.07, 6.45) is 1.81. The second-order valence-electron chi connectivity index (χ2n) is 5.99. The van der Waals surface area contributed by atoms with Crippen molar-refractivity contribution in [3.8, 4) is 5.75 Å². The number of benzene rings is 2. The van der Waals surface area contributed by atoms with Crippen LogP contribution in [0.25, 0.3) is 10.2 Å². The van der Waals surface area contributed by atoms with Gasteiger partial charge in [-0.3, -0.25) is 4.79 Å². The third kappa shape index (κ3) is 4.38. The lowest BCUT2D eigenvalue weighted by atomic mass is 10.1. The van der Waals surface area contributed by atoms with Crippen molar-refractivity contribution in [3.63, 3.8) is 0 Å². The third-order valence-corrected chi connectivity index (χ3v) is 5.96. The highest BCUT2D eigenvalue weighted by Gasteiger charge is 2.13. The molecule has 0 atom stereocenters. The smallest absolute Gasteiger partial charge is 0.252 e. The zero-order chi connectivity index (χ0) is 20.3. The van der Waals surface area contributed by atoms with E-state index in [0.717, 1.165) is 11.1 Å². The molecule has 0 spiro atoms. The molecule has 146 valence electrons. The molecular formula is C19H19N3O4S2. The van der Waals surface area contributed by atoms with Crippen LogP contribution in [0.4, 0.5) is 0 Å². The minimum absolute atomic E-state index is 0.0151. The number of nitrogens with zero attached hydrogens (tertiary/aromatic N) is 2. The van der Waals surface area contributed by atoms with E-state index in [9.17, 15) is 13.2 Å². The molecule has 7 nitrogen and oxygen atoms in total. The number of amides is 1. The van der Waals surface area contributed by atoms with E-state index in [1.54, 1.807) is 31.4 Å². The van der Waals surface area contributed by atoms with Crippen LogP contribution in [0.5, 0.6) is 5.75 Å². The third-order valence-electron chi connectivity index (χ3n) is 4.00. The first kappa shape index (κ1) is 20.0. The molecule has 0 saturated heterocycles. The summed E-state index contributed by atoms with van der Waals surface area (Å²) in [6.45, 7) is 4.16. The second kappa shape index (κ2) is 8.09. The number of fused-ring (bicyclic) bond motifs is 1. The Morgan fingerprint density at radius 1 is 1.32 bits per heavy atom. The maximum Gasteiger partial charge on any atom is 0.252 e. The van der Waals surface area contributed by atoms with Gasteiger partial charge in [0.25, 0.3) is 5.91 Å². The van der Waals surface area contributed by atoms with Crippen LogP contribution in [0.15, 0.2) is 65.0 Å². The minimum Gasteiger partial charge on any atom is -0.497 e. The molecule has 0 bridgehead atoms. The molecule has 0 aliphatic heterocycles. The van der Waals surface area contributed by atoms with Crippen molar-refractivity contribution in [2.45, 2.75) is 17.9 Å². The number of sulfonamides is 1. The molecule has 3 aromatic rings. The van der Waals surface area contributed by atoms with E-state index in [1.165, 1.54) is 23.5 Å². The first-order valence-corrected chi connectivity index (χ1v) is 10.7. The van der Waals surface area contributed by atoms with Gasteiger partial charge in [0.05, 0.1) is 28.6 Å². The van der Waals surface area contributed by atoms with Crippen molar-refractivity contribution >= 4 is 37.5 Å². The second-order valence-corrected chi connectivity index (χ2v) is 8.56. The van der Waals surface area contributed by atoms with Gasteiger partial charge in [0.2, 0.25) is 10.0 Å². The van der Waals surface area contributed by atoms with Gasteiger partial charge in [0.15, 0.2) is 4.80 Å². The van der Waals surface area contributed by atoms with Crippen LogP contribution in [0.3, 0.4) is 0 Å². The molecular weight excluding hydrogens is 398 g/mol. The number of hydrogen-bond donors (Lipinski definition) is 1. The summed E-state index contributed by atoms with van der Waals surface area (Å²) in [4.78, 5) is 17.2. The molecule has 0 saturated carbocycles. The number of thiazole rings is 1. The van der Waals surface area contributed by atoms with Crippen molar-refractivity contribution in [2.75, 3.05) is 7.11 Å². The average molecular weight is 418 g/mol. The van der Waals surface area contributed by atoms with Crippen LogP contribution in [0, 0.1) is 0 Å². The zero-order valence-electron chi connectivity index (χ0n) is 15.2. The highest BCUT2D eigenvalue weighted by molar-refractivity contribution is 7.89. The van der Waals surface area contributed by atoms with Crippen LogP contribution >= 0.6 is 11.3 Å². The Bertz CT molecular complexity index is 1220. The van der Waals surface area contributed by atoms with Crippen LogP contribution < -0.4 is 14.7 Å². The lowest BCUT2D eigenvalue weighted by molar-refractivity contribution is -0.117. The number of nitrogens with two attached hydrogens (primary N) is 1. The summed E-state index contributed by atoms with van der Waals surface area (Å²) in [5.74, 6) is 0.355. The largest absolute Gasteiger partial charge is 0.497 e. The number of methoxy groups -OCH3 is 1. The van der Waals surface area contributed by atoms with Crippen LogP contribution in [-0.4, -0.2) is 26.0 Å². The highest BCUT2D eigenvalue weighted by atomic mass is 32.2. The molecule has 0 unspecified atom stereocenters. The molecule has 0 radical (unpaired) electrons. The summed E-state index contributed by atoms with van der Waals surface area (Å²) in [6, 6.07) is 11.8. The van der Waals surface area contributed by atoms with Gasteiger partial charge < -0.3 is 9.30 Å². The van der Waals surface area contributed by atoms with Crippen LogP contribution in [0.2, 0.25) is 0 Å². The van der Waals surface area contributed by atoms with Crippen molar-refractivity contribution < 1.29 is 17.9 Å². The maximum atomic E-state index is 12.5. The predicted octanol–water partition coefficient (Wildman–Crippen LogP) is 2.21. The lowest BCUT2D eigenvalue weighted by Gasteiger charge is -2.03. The monoisotopic (exact) mass is 417 g/mol. The minimum atomic E-state index is -3.81. The van der Waals surface area contributed by atoms with E-state index in [1.807, 2.05) is 16.7 Å². The Hall–Kier alpha value is -2.75. The van der Waals surface area contributed by atoms with E-state index in [-0.39, 0.29) is 17.2 Å². The molecule has 1 heterocycles. The number of aromatic nitrogens is 1.